The Bertz CT molecular complexity index is 1120. The van der Waals surface area contributed by atoms with Gasteiger partial charge in [0.05, 0.1) is 11.7 Å². The van der Waals surface area contributed by atoms with Gasteiger partial charge in [-0.2, -0.15) is 0 Å². The lowest BCUT2D eigenvalue weighted by molar-refractivity contribution is 0.0940. The van der Waals surface area contributed by atoms with Crippen molar-refractivity contribution < 1.29 is 4.79 Å². The zero-order valence-electron chi connectivity index (χ0n) is 17.1. The van der Waals surface area contributed by atoms with E-state index in [1.807, 2.05) is 62.4 Å². The predicted molar refractivity (Wildman–Crippen MR) is 121 cm³/mol. The largest absolute Gasteiger partial charge is 0.346 e. The molecular formula is C25H24N2OS. The van der Waals surface area contributed by atoms with Gasteiger partial charge in [0.1, 0.15) is 0 Å². The van der Waals surface area contributed by atoms with Crippen LogP contribution < -0.4 is 5.32 Å². The number of hydrogen-bond donors (Lipinski definition) is 1. The molecule has 1 heterocycles. The van der Waals surface area contributed by atoms with E-state index in [9.17, 15) is 4.79 Å². The Morgan fingerprint density at radius 1 is 0.966 bits per heavy atom. The quantitative estimate of drug-likeness (QED) is 0.553. The van der Waals surface area contributed by atoms with Gasteiger partial charge in [-0.05, 0) is 62.6 Å². The Balaban J connectivity index is 1.65. The second kappa shape index (κ2) is 7.88. The fraction of sp³-hybridized carbons (Fsp3) is 0.200. The molecule has 1 amide bonds. The van der Waals surface area contributed by atoms with Crippen LogP contribution in [0.15, 0.2) is 75.4 Å². The Hall–Kier alpha value is -2.85. The fourth-order valence-corrected chi connectivity index (χ4v) is 4.86. The summed E-state index contributed by atoms with van der Waals surface area (Å²) in [6, 6.07) is 20.0. The van der Waals surface area contributed by atoms with Gasteiger partial charge < -0.3 is 5.32 Å². The summed E-state index contributed by atoms with van der Waals surface area (Å²) < 4.78 is 0. The number of hydrogen-bond acceptors (Lipinski definition) is 3. The Labute approximate surface area is 176 Å². The lowest BCUT2D eigenvalue weighted by Crippen LogP contribution is -2.26. The molecule has 1 atom stereocenters. The minimum atomic E-state index is -0.0869. The van der Waals surface area contributed by atoms with Gasteiger partial charge in [-0.15, -0.1) is 0 Å². The van der Waals surface area contributed by atoms with E-state index in [1.54, 1.807) is 11.8 Å². The maximum Gasteiger partial charge on any atom is 0.251 e. The van der Waals surface area contributed by atoms with Gasteiger partial charge in [0, 0.05) is 26.6 Å². The van der Waals surface area contributed by atoms with Gasteiger partial charge in [-0.25, -0.2) is 0 Å². The molecule has 0 spiro atoms. The standard InChI is InChI=1S/C25H24N2OS/c1-15-10-11-16(2)24-23(15)18(4)26-21-14-20(12-13-22(21)29-24)25(28)27-17(3)19-8-6-5-7-9-19/h5-14,17H,1-4H3,(H,27,28). The van der Waals surface area contributed by atoms with E-state index in [4.69, 9.17) is 4.99 Å². The number of carbonyl (C=O) groups excluding carboxylic acids is 1. The van der Waals surface area contributed by atoms with Gasteiger partial charge in [0.15, 0.2) is 0 Å². The van der Waals surface area contributed by atoms with Crippen LogP contribution in [0, 0.1) is 13.8 Å². The van der Waals surface area contributed by atoms with Gasteiger partial charge >= 0.3 is 0 Å². The lowest BCUT2D eigenvalue weighted by atomic mass is 10.0. The predicted octanol–water partition coefficient (Wildman–Crippen LogP) is 6.40. The maximum absolute atomic E-state index is 12.8. The van der Waals surface area contributed by atoms with Crippen LogP contribution in [-0.2, 0) is 0 Å². The van der Waals surface area contributed by atoms with Crippen LogP contribution in [0.1, 0.15) is 52.5 Å². The Morgan fingerprint density at radius 2 is 1.69 bits per heavy atom. The average molecular weight is 401 g/mol. The van der Waals surface area contributed by atoms with E-state index >= 15 is 0 Å². The van der Waals surface area contributed by atoms with Gasteiger partial charge in [0.2, 0.25) is 0 Å². The molecule has 29 heavy (non-hydrogen) atoms. The van der Waals surface area contributed by atoms with Crippen molar-refractivity contribution in [1.29, 1.82) is 0 Å². The number of amides is 1. The third-order valence-electron chi connectivity index (χ3n) is 5.29. The van der Waals surface area contributed by atoms with Crippen LogP contribution in [-0.4, -0.2) is 11.6 Å². The molecule has 0 fully saturated rings. The minimum absolute atomic E-state index is 0.0586. The molecule has 4 heteroatoms. The second-order valence-corrected chi connectivity index (χ2v) is 8.54. The zero-order chi connectivity index (χ0) is 20.5. The van der Waals surface area contributed by atoms with Crippen molar-refractivity contribution in [2.75, 3.05) is 0 Å². The SMILES string of the molecule is CC1=Nc2cc(C(=O)NC(C)c3ccccc3)ccc2Sc2c(C)ccc(C)c21. The molecule has 3 aromatic carbocycles. The molecule has 3 nitrogen and oxygen atoms in total. The molecule has 0 saturated heterocycles. The normalized spacial score (nSPS) is 13.6. The third kappa shape index (κ3) is 3.85. The van der Waals surface area contributed by atoms with Crippen LogP contribution in [0.5, 0.6) is 0 Å². The molecule has 0 aromatic heterocycles. The number of rotatable bonds is 3. The number of carbonyl (C=O) groups is 1. The number of benzene rings is 3. The van der Waals surface area contributed by atoms with Gasteiger partial charge in [-0.3, -0.25) is 9.79 Å². The van der Waals surface area contributed by atoms with Crippen molar-refractivity contribution in [3.05, 3.63) is 88.5 Å². The van der Waals surface area contributed by atoms with Crippen molar-refractivity contribution in [3.63, 3.8) is 0 Å². The Kier molecular flexibility index (Phi) is 5.29. The first-order chi connectivity index (χ1) is 13.9. The first kappa shape index (κ1) is 19.5. The van der Waals surface area contributed by atoms with E-state index < -0.39 is 0 Å². The van der Waals surface area contributed by atoms with Crippen LogP contribution in [0.2, 0.25) is 0 Å². The number of aliphatic imine (C=N–C) groups is 1. The number of fused-ring (bicyclic) bond motifs is 2. The van der Waals surface area contributed by atoms with Crippen molar-refractivity contribution in [1.82, 2.24) is 5.32 Å². The number of nitrogens with one attached hydrogen (secondary N) is 1. The highest BCUT2D eigenvalue weighted by Crippen LogP contribution is 2.43. The van der Waals surface area contributed by atoms with Gasteiger partial charge in [0.25, 0.3) is 5.91 Å². The average Bonchev–Trinajstić information content (AvgIpc) is 2.87. The molecule has 1 unspecified atom stereocenters. The van der Waals surface area contributed by atoms with Crippen LogP contribution in [0.25, 0.3) is 0 Å². The maximum atomic E-state index is 12.8. The molecule has 3 aromatic rings. The van der Waals surface area contributed by atoms with Crippen LogP contribution in [0.3, 0.4) is 0 Å². The molecule has 1 N–H and O–H groups in total. The summed E-state index contributed by atoms with van der Waals surface area (Å²) in [5, 5.41) is 3.09. The molecule has 1 aliphatic heterocycles. The van der Waals surface area contributed by atoms with E-state index in [0.29, 0.717) is 5.56 Å². The summed E-state index contributed by atoms with van der Waals surface area (Å²) in [6.45, 7) is 8.30. The molecule has 1 aliphatic rings. The minimum Gasteiger partial charge on any atom is -0.346 e. The summed E-state index contributed by atoms with van der Waals surface area (Å²) in [5.74, 6) is -0.0869. The summed E-state index contributed by atoms with van der Waals surface area (Å²) in [5.41, 5.74) is 7.22. The fourth-order valence-electron chi connectivity index (χ4n) is 3.65. The summed E-state index contributed by atoms with van der Waals surface area (Å²) in [7, 11) is 0. The monoisotopic (exact) mass is 400 g/mol. The summed E-state index contributed by atoms with van der Waals surface area (Å²) >= 11 is 1.73. The van der Waals surface area contributed by atoms with E-state index in [1.165, 1.54) is 21.6 Å². The zero-order valence-corrected chi connectivity index (χ0v) is 17.9. The molecule has 146 valence electrons. The van der Waals surface area contributed by atoms with Crippen LogP contribution in [0.4, 0.5) is 5.69 Å². The van der Waals surface area contributed by atoms with Crippen molar-refractivity contribution in [3.8, 4) is 0 Å². The summed E-state index contributed by atoms with van der Waals surface area (Å²) in [4.78, 5) is 20.0. The van der Waals surface area contributed by atoms with Crippen molar-refractivity contribution >= 4 is 29.1 Å². The Morgan fingerprint density at radius 3 is 2.45 bits per heavy atom. The number of nitrogens with zero attached hydrogens (tertiary/aromatic N) is 1. The third-order valence-corrected chi connectivity index (χ3v) is 6.59. The molecule has 0 saturated carbocycles. The van der Waals surface area contributed by atoms with Crippen molar-refractivity contribution in [2.24, 2.45) is 4.99 Å². The van der Waals surface area contributed by atoms with Crippen molar-refractivity contribution in [2.45, 2.75) is 43.5 Å². The van der Waals surface area contributed by atoms with Crippen LogP contribution >= 0.6 is 11.8 Å². The first-order valence-corrected chi connectivity index (χ1v) is 10.6. The lowest BCUT2D eigenvalue weighted by Gasteiger charge is -2.15. The highest BCUT2D eigenvalue weighted by molar-refractivity contribution is 7.99. The van der Waals surface area contributed by atoms with E-state index in [-0.39, 0.29) is 11.9 Å². The second-order valence-electron chi connectivity index (χ2n) is 7.49. The molecule has 0 aliphatic carbocycles. The van der Waals surface area contributed by atoms with Gasteiger partial charge in [-0.1, -0.05) is 54.2 Å². The summed E-state index contributed by atoms with van der Waals surface area (Å²) in [6.07, 6.45) is 0. The first-order valence-electron chi connectivity index (χ1n) is 9.77. The van der Waals surface area contributed by atoms with E-state index in [0.717, 1.165) is 21.9 Å². The smallest absolute Gasteiger partial charge is 0.251 e. The highest BCUT2D eigenvalue weighted by atomic mass is 32.2. The molecular weight excluding hydrogens is 376 g/mol. The van der Waals surface area contributed by atoms with E-state index in [2.05, 4.69) is 31.3 Å². The topological polar surface area (TPSA) is 41.5 Å². The molecule has 0 radical (unpaired) electrons. The molecule has 0 bridgehead atoms. The number of aryl methyl sites for hydroxylation is 2. The molecule has 4 rings (SSSR count). The highest BCUT2D eigenvalue weighted by Gasteiger charge is 2.20.